The van der Waals surface area contributed by atoms with Crippen LogP contribution in [0.25, 0.3) is 0 Å². The number of piperidine rings is 1. The maximum absolute atomic E-state index is 13.7. The molecule has 0 aliphatic carbocycles. The highest BCUT2D eigenvalue weighted by molar-refractivity contribution is 5.96. The molecule has 6 heteroatoms. The van der Waals surface area contributed by atoms with E-state index in [4.69, 9.17) is 0 Å². The smallest absolute Gasteiger partial charge is 0.254 e. The van der Waals surface area contributed by atoms with E-state index in [1.54, 1.807) is 11.0 Å². The summed E-state index contributed by atoms with van der Waals surface area (Å²) >= 11 is 0. The Morgan fingerprint density at radius 1 is 1.00 bits per heavy atom. The molecule has 2 amide bonds. The molecular weight excluding hydrogens is 338 g/mol. The minimum absolute atomic E-state index is 0.0536. The van der Waals surface area contributed by atoms with Gasteiger partial charge in [0.1, 0.15) is 17.3 Å². The fraction of sp³-hybridized carbons (Fsp3) is 0.300. The zero-order valence-electron chi connectivity index (χ0n) is 14.5. The van der Waals surface area contributed by atoms with Gasteiger partial charge in [0.2, 0.25) is 5.91 Å². The number of carbonyl (C=O) groups is 2. The lowest BCUT2D eigenvalue weighted by atomic mass is 9.95. The van der Waals surface area contributed by atoms with Crippen molar-refractivity contribution < 1.29 is 18.4 Å². The first-order chi connectivity index (χ1) is 12.5. The molecule has 4 nitrogen and oxygen atoms in total. The van der Waals surface area contributed by atoms with E-state index in [1.807, 2.05) is 25.1 Å². The highest BCUT2D eigenvalue weighted by Crippen LogP contribution is 2.24. The number of aryl methyl sites for hydroxylation is 1. The van der Waals surface area contributed by atoms with Crippen molar-refractivity contribution in [3.8, 4) is 0 Å². The van der Waals surface area contributed by atoms with Gasteiger partial charge >= 0.3 is 0 Å². The fourth-order valence-electron chi connectivity index (χ4n) is 3.17. The molecule has 136 valence electrons. The number of anilines is 1. The van der Waals surface area contributed by atoms with E-state index in [-0.39, 0.29) is 11.8 Å². The molecule has 1 N–H and O–H groups in total. The van der Waals surface area contributed by atoms with Gasteiger partial charge in [0, 0.05) is 24.6 Å². The van der Waals surface area contributed by atoms with Crippen LogP contribution in [0.15, 0.2) is 42.5 Å². The number of benzene rings is 2. The summed E-state index contributed by atoms with van der Waals surface area (Å²) in [6.45, 7) is 2.76. The molecule has 1 saturated heterocycles. The Kier molecular flexibility index (Phi) is 5.30. The molecule has 3 rings (SSSR count). The molecular formula is C20H20F2N2O2. The highest BCUT2D eigenvalue weighted by atomic mass is 19.1. The highest BCUT2D eigenvalue weighted by Gasteiger charge is 2.29. The van der Waals surface area contributed by atoms with E-state index < -0.39 is 23.2 Å². The van der Waals surface area contributed by atoms with Gasteiger partial charge in [0.25, 0.3) is 5.91 Å². The molecule has 1 fully saturated rings. The monoisotopic (exact) mass is 358 g/mol. The number of amides is 2. The summed E-state index contributed by atoms with van der Waals surface area (Å²) in [5, 5.41) is 2.34. The molecule has 1 aliphatic rings. The predicted molar refractivity (Wildman–Crippen MR) is 94.8 cm³/mol. The molecule has 0 bridgehead atoms. The number of nitrogens with zero attached hydrogens (tertiary/aromatic N) is 1. The quantitative estimate of drug-likeness (QED) is 0.908. The minimum atomic E-state index is -0.800. The van der Waals surface area contributed by atoms with Gasteiger partial charge in [-0.25, -0.2) is 8.78 Å². The number of carbonyl (C=O) groups excluding carboxylic acids is 2. The Morgan fingerprint density at radius 3 is 2.23 bits per heavy atom. The summed E-state index contributed by atoms with van der Waals surface area (Å²) in [4.78, 5) is 26.6. The molecule has 0 radical (unpaired) electrons. The first-order valence-corrected chi connectivity index (χ1v) is 8.57. The number of hydrogen-bond acceptors (Lipinski definition) is 2. The second-order valence-corrected chi connectivity index (χ2v) is 6.47. The lowest BCUT2D eigenvalue weighted by Crippen LogP contribution is -2.41. The first-order valence-electron chi connectivity index (χ1n) is 8.57. The van der Waals surface area contributed by atoms with Gasteiger partial charge in [-0.3, -0.25) is 9.59 Å². The van der Waals surface area contributed by atoms with Crippen LogP contribution < -0.4 is 5.32 Å². The van der Waals surface area contributed by atoms with Crippen molar-refractivity contribution in [2.45, 2.75) is 19.8 Å². The second kappa shape index (κ2) is 7.64. The van der Waals surface area contributed by atoms with Crippen LogP contribution in [0.3, 0.4) is 0 Å². The van der Waals surface area contributed by atoms with Crippen LogP contribution in [0.2, 0.25) is 0 Å². The maximum Gasteiger partial charge on any atom is 0.254 e. The molecule has 1 aliphatic heterocycles. The molecule has 0 aromatic heterocycles. The van der Waals surface area contributed by atoms with Crippen LogP contribution in [-0.4, -0.2) is 29.8 Å². The minimum Gasteiger partial charge on any atom is -0.339 e. The molecule has 2 aromatic carbocycles. The number of likely N-dealkylation sites (tertiary alicyclic amines) is 1. The lowest BCUT2D eigenvalue weighted by Gasteiger charge is -2.31. The van der Waals surface area contributed by atoms with E-state index in [0.717, 1.165) is 17.7 Å². The van der Waals surface area contributed by atoms with Crippen LogP contribution in [-0.2, 0) is 4.79 Å². The van der Waals surface area contributed by atoms with Crippen LogP contribution in [0.5, 0.6) is 0 Å². The van der Waals surface area contributed by atoms with Crippen molar-refractivity contribution in [3.63, 3.8) is 0 Å². The van der Waals surface area contributed by atoms with Crippen molar-refractivity contribution in [1.29, 1.82) is 0 Å². The van der Waals surface area contributed by atoms with Gasteiger partial charge in [0.15, 0.2) is 0 Å². The van der Waals surface area contributed by atoms with Gasteiger partial charge in [-0.15, -0.1) is 0 Å². The second-order valence-electron chi connectivity index (χ2n) is 6.47. The number of halogens is 2. The zero-order valence-corrected chi connectivity index (χ0v) is 14.5. The Morgan fingerprint density at radius 2 is 1.62 bits per heavy atom. The van der Waals surface area contributed by atoms with Crippen molar-refractivity contribution in [1.82, 2.24) is 4.90 Å². The molecule has 1 heterocycles. The van der Waals surface area contributed by atoms with Gasteiger partial charge in [-0.1, -0.05) is 24.3 Å². The van der Waals surface area contributed by atoms with E-state index >= 15 is 0 Å². The SMILES string of the molecule is Cc1ccccc1C(=O)N1CCC(C(=O)Nc2c(F)cccc2F)CC1. The lowest BCUT2D eigenvalue weighted by molar-refractivity contribution is -0.121. The summed E-state index contributed by atoms with van der Waals surface area (Å²) in [7, 11) is 0. The number of hydrogen-bond donors (Lipinski definition) is 1. The fourth-order valence-corrected chi connectivity index (χ4v) is 3.17. The van der Waals surface area contributed by atoms with Gasteiger partial charge in [0.05, 0.1) is 0 Å². The normalized spacial score (nSPS) is 15.0. The summed E-state index contributed by atoms with van der Waals surface area (Å²) in [5.41, 5.74) is 1.15. The van der Waals surface area contributed by atoms with Gasteiger partial charge < -0.3 is 10.2 Å². The van der Waals surface area contributed by atoms with Gasteiger partial charge in [-0.05, 0) is 43.5 Å². The summed E-state index contributed by atoms with van der Waals surface area (Å²) in [6, 6.07) is 10.8. The van der Waals surface area contributed by atoms with Crippen LogP contribution in [0.1, 0.15) is 28.8 Å². The molecule has 26 heavy (non-hydrogen) atoms. The Bertz CT molecular complexity index is 810. The van der Waals surface area contributed by atoms with Crippen LogP contribution in [0.4, 0.5) is 14.5 Å². The topological polar surface area (TPSA) is 49.4 Å². The van der Waals surface area contributed by atoms with Crippen molar-refractivity contribution >= 4 is 17.5 Å². The molecule has 0 unspecified atom stereocenters. The third-order valence-electron chi connectivity index (χ3n) is 4.74. The number of rotatable bonds is 3. The maximum atomic E-state index is 13.7. The third-order valence-corrected chi connectivity index (χ3v) is 4.74. The largest absolute Gasteiger partial charge is 0.339 e. The Hall–Kier alpha value is -2.76. The molecule has 0 spiro atoms. The average molecular weight is 358 g/mol. The average Bonchev–Trinajstić information content (AvgIpc) is 2.65. The number of nitrogens with one attached hydrogen (secondary N) is 1. The molecule has 2 aromatic rings. The standard InChI is InChI=1S/C20H20F2N2O2/c1-13-5-2-3-6-15(13)20(26)24-11-9-14(10-12-24)19(25)23-18-16(21)7-4-8-17(18)22/h2-8,14H,9-12H2,1H3,(H,23,25). The van der Waals surface area contributed by atoms with E-state index in [1.165, 1.54) is 6.07 Å². The van der Waals surface area contributed by atoms with E-state index in [2.05, 4.69) is 5.32 Å². The van der Waals surface area contributed by atoms with Crippen molar-refractivity contribution in [2.75, 3.05) is 18.4 Å². The van der Waals surface area contributed by atoms with Crippen LogP contribution in [0, 0.1) is 24.5 Å². The molecule has 0 saturated carbocycles. The predicted octanol–water partition coefficient (Wildman–Crippen LogP) is 3.76. The third kappa shape index (κ3) is 3.74. The van der Waals surface area contributed by atoms with Crippen molar-refractivity contribution in [2.24, 2.45) is 5.92 Å². The van der Waals surface area contributed by atoms with Crippen LogP contribution >= 0.6 is 0 Å². The molecule has 0 atom stereocenters. The van der Waals surface area contributed by atoms with E-state index in [9.17, 15) is 18.4 Å². The summed E-state index contributed by atoms with van der Waals surface area (Å²) < 4.78 is 27.3. The Balaban J connectivity index is 1.61. The Labute approximate surface area is 150 Å². The first kappa shape index (κ1) is 18.0. The number of para-hydroxylation sites is 1. The van der Waals surface area contributed by atoms with E-state index in [0.29, 0.717) is 31.5 Å². The van der Waals surface area contributed by atoms with Crippen molar-refractivity contribution in [3.05, 3.63) is 65.2 Å². The summed E-state index contributed by atoms with van der Waals surface area (Å²) in [6.07, 6.45) is 0.916. The summed E-state index contributed by atoms with van der Waals surface area (Å²) in [5.74, 6) is -2.45. The zero-order chi connectivity index (χ0) is 18.7. The van der Waals surface area contributed by atoms with Gasteiger partial charge in [-0.2, -0.15) is 0 Å².